The number of carbonyl (C=O) groups excluding carboxylic acids is 1. The molecule has 0 aliphatic carbocycles. The van der Waals surface area contributed by atoms with Crippen molar-refractivity contribution < 1.29 is 14.7 Å². The Labute approximate surface area is 110 Å². The second kappa shape index (κ2) is 6.07. The molecule has 0 rings (SSSR count). The summed E-state index contributed by atoms with van der Waals surface area (Å²) < 4.78 is 0. The molecule has 0 aromatic rings. The van der Waals surface area contributed by atoms with Crippen LogP contribution in [0.4, 0.5) is 4.79 Å². The lowest BCUT2D eigenvalue weighted by molar-refractivity contribution is -0.147. The highest BCUT2D eigenvalue weighted by molar-refractivity contribution is 5.78. The summed E-state index contributed by atoms with van der Waals surface area (Å²) >= 11 is 0. The Morgan fingerprint density at radius 2 is 1.67 bits per heavy atom. The van der Waals surface area contributed by atoms with Gasteiger partial charge >= 0.3 is 12.0 Å². The molecule has 0 radical (unpaired) electrons. The molecule has 5 nitrogen and oxygen atoms in total. The lowest BCUT2D eigenvalue weighted by atomic mass is 9.88. The highest BCUT2D eigenvalue weighted by atomic mass is 16.4. The minimum atomic E-state index is -0.910. The van der Waals surface area contributed by atoms with Crippen LogP contribution in [0.5, 0.6) is 0 Å². The van der Waals surface area contributed by atoms with E-state index in [4.69, 9.17) is 5.11 Å². The summed E-state index contributed by atoms with van der Waals surface area (Å²) in [5.41, 5.74) is -1.15. The number of carboxylic acids is 1. The zero-order chi connectivity index (χ0) is 14.6. The Morgan fingerprint density at radius 3 is 2.00 bits per heavy atom. The molecule has 1 atom stereocenters. The van der Waals surface area contributed by atoms with Crippen molar-refractivity contribution >= 4 is 12.0 Å². The van der Waals surface area contributed by atoms with Crippen molar-refractivity contribution in [3.63, 3.8) is 0 Å². The van der Waals surface area contributed by atoms with Crippen LogP contribution in [0.15, 0.2) is 0 Å². The zero-order valence-corrected chi connectivity index (χ0v) is 12.3. The monoisotopic (exact) mass is 258 g/mol. The van der Waals surface area contributed by atoms with E-state index in [1.807, 2.05) is 20.8 Å². The summed E-state index contributed by atoms with van der Waals surface area (Å²) in [5, 5.41) is 11.8. The van der Waals surface area contributed by atoms with Crippen LogP contribution in [-0.4, -0.2) is 41.1 Å². The molecule has 0 aliphatic heterocycles. The summed E-state index contributed by atoms with van der Waals surface area (Å²) in [7, 11) is 1.73. The zero-order valence-electron chi connectivity index (χ0n) is 12.3. The second-order valence-electron chi connectivity index (χ2n) is 5.60. The molecule has 0 fully saturated rings. The Morgan fingerprint density at radius 1 is 1.17 bits per heavy atom. The van der Waals surface area contributed by atoms with Gasteiger partial charge in [0, 0.05) is 19.1 Å². The molecule has 0 saturated carbocycles. The van der Waals surface area contributed by atoms with Crippen LogP contribution in [0.3, 0.4) is 0 Å². The van der Waals surface area contributed by atoms with Gasteiger partial charge in [-0.25, -0.2) is 4.79 Å². The topological polar surface area (TPSA) is 69.6 Å². The maximum atomic E-state index is 12.0. The standard InChI is InChI=1S/C13H26N2O3/c1-7-12(3,4)15(6)11(18)14-9-13(5,8-2)10(16)17/h7-9H2,1-6H3,(H,14,18)(H,16,17). The van der Waals surface area contributed by atoms with E-state index >= 15 is 0 Å². The largest absolute Gasteiger partial charge is 0.481 e. The number of amides is 2. The van der Waals surface area contributed by atoms with E-state index < -0.39 is 11.4 Å². The lowest BCUT2D eigenvalue weighted by Crippen LogP contribution is -2.51. The van der Waals surface area contributed by atoms with Crippen molar-refractivity contribution in [1.82, 2.24) is 10.2 Å². The predicted octanol–water partition coefficient (Wildman–Crippen LogP) is 2.32. The average Bonchev–Trinajstić information content (AvgIpc) is 2.34. The van der Waals surface area contributed by atoms with Crippen molar-refractivity contribution in [3.05, 3.63) is 0 Å². The molecular formula is C13H26N2O3. The molecule has 0 aromatic heterocycles. The Kier molecular flexibility index (Phi) is 5.64. The summed E-state index contributed by atoms with van der Waals surface area (Å²) in [5.74, 6) is -0.886. The molecule has 2 amide bonds. The van der Waals surface area contributed by atoms with Crippen LogP contribution >= 0.6 is 0 Å². The van der Waals surface area contributed by atoms with E-state index in [0.717, 1.165) is 6.42 Å². The molecule has 0 heterocycles. The number of rotatable bonds is 6. The van der Waals surface area contributed by atoms with Gasteiger partial charge in [-0.05, 0) is 33.6 Å². The highest BCUT2D eigenvalue weighted by Crippen LogP contribution is 2.21. The first kappa shape index (κ1) is 16.7. The first-order valence-corrected chi connectivity index (χ1v) is 6.35. The van der Waals surface area contributed by atoms with E-state index in [2.05, 4.69) is 5.32 Å². The number of urea groups is 1. The number of carboxylic acid groups (broad SMARTS) is 1. The fraction of sp³-hybridized carbons (Fsp3) is 0.846. The lowest BCUT2D eigenvalue weighted by Gasteiger charge is -2.35. The van der Waals surface area contributed by atoms with E-state index in [1.165, 1.54) is 0 Å². The number of aliphatic carboxylic acids is 1. The van der Waals surface area contributed by atoms with Gasteiger partial charge in [0.05, 0.1) is 5.41 Å². The maximum absolute atomic E-state index is 12.0. The smallest absolute Gasteiger partial charge is 0.317 e. The van der Waals surface area contributed by atoms with Gasteiger partial charge in [-0.15, -0.1) is 0 Å². The minimum Gasteiger partial charge on any atom is -0.481 e. The van der Waals surface area contributed by atoms with Gasteiger partial charge in [0.15, 0.2) is 0 Å². The first-order valence-electron chi connectivity index (χ1n) is 6.35. The minimum absolute atomic E-state index is 0.141. The van der Waals surface area contributed by atoms with E-state index in [0.29, 0.717) is 6.42 Å². The molecule has 0 saturated heterocycles. The van der Waals surface area contributed by atoms with Crippen LogP contribution < -0.4 is 5.32 Å². The summed E-state index contributed by atoms with van der Waals surface area (Å²) in [6.07, 6.45) is 1.31. The van der Waals surface area contributed by atoms with E-state index in [1.54, 1.807) is 25.8 Å². The van der Waals surface area contributed by atoms with Crippen LogP contribution in [0, 0.1) is 5.41 Å². The van der Waals surface area contributed by atoms with Crippen molar-refractivity contribution in [1.29, 1.82) is 0 Å². The summed E-state index contributed by atoms with van der Waals surface area (Å²) in [6, 6.07) is -0.234. The average molecular weight is 258 g/mol. The highest BCUT2D eigenvalue weighted by Gasteiger charge is 2.33. The normalized spacial score (nSPS) is 14.8. The number of nitrogens with one attached hydrogen (secondary N) is 1. The molecule has 1 unspecified atom stereocenters. The molecular weight excluding hydrogens is 232 g/mol. The number of hydrogen-bond acceptors (Lipinski definition) is 2. The third-order valence-electron chi connectivity index (χ3n) is 4.00. The molecule has 0 spiro atoms. The van der Waals surface area contributed by atoms with Gasteiger partial charge in [0.25, 0.3) is 0 Å². The summed E-state index contributed by atoms with van der Waals surface area (Å²) in [4.78, 5) is 24.7. The van der Waals surface area contributed by atoms with Gasteiger partial charge in [0.1, 0.15) is 0 Å². The van der Waals surface area contributed by atoms with E-state index in [-0.39, 0.29) is 18.1 Å². The molecule has 5 heteroatoms. The van der Waals surface area contributed by atoms with Crippen LogP contribution in [-0.2, 0) is 4.79 Å². The Bertz CT molecular complexity index is 315. The molecule has 106 valence electrons. The van der Waals surface area contributed by atoms with Crippen molar-refractivity contribution in [2.45, 2.75) is 53.0 Å². The Balaban J connectivity index is 4.56. The SMILES string of the molecule is CCC(C)(CNC(=O)N(C)C(C)(C)CC)C(=O)O. The van der Waals surface area contributed by atoms with Gasteiger partial charge in [0.2, 0.25) is 0 Å². The Hall–Kier alpha value is -1.26. The van der Waals surface area contributed by atoms with E-state index in [9.17, 15) is 9.59 Å². The number of hydrogen-bond donors (Lipinski definition) is 2. The van der Waals surface area contributed by atoms with Gasteiger partial charge in [-0.2, -0.15) is 0 Å². The number of carbonyl (C=O) groups is 2. The van der Waals surface area contributed by atoms with Crippen molar-refractivity contribution in [2.24, 2.45) is 5.41 Å². The van der Waals surface area contributed by atoms with Gasteiger partial charge < -0.3 is 15.3 Å². The third kappa shape index (κ3) is 3.89. The molecule has 0 bridgehead atoms. The van der Waals surface area contributed by atoms with Crippen LogP contribution in [0.1, 0.15) is 47.5 Å². The maximum Gasteiger partial charge on any atom is 0.317 e. The fourth-order valence-electron chi connectivity index (χ4n) is 1.25. The molecule has 2 N–H and O–H groups in total. The van der Waals surface area contributed by atoms with Gasteiger partial charge in [-0.3, -0.25) is 4.79 Å². The number of nitrogens with zero attached hydrogens (tertiary/aromatic N) is 1. The second-order valence-corrected chi connectivity index (χ2v) is 5.60. The molecule has 0 aliphatic rings. The summed E-state index contributed by atoms with van der Waals surface area (Å²) in [6.45, 7) is 9.55. The van der Waals surface area contributed by atoms with Crippen LogP contribution in [0.2, 0.25) is 0 Å². The first-order chi connectivity index (χ1) is 8.10. The predicted molar refractivity (Wildman–Crippen MR) is 71.6 cm³/mol. The third-order valence-corrected chi connectivity index (χ3v) is 4.00. The van der Waals surface area contributed by atoms with Gasteiger partial charge in [-0.1, -0.05) is 13.8 Å². The van der Waals surface area contributed by atoms with Crippen molar-refractivity contribution in [2.75, 3.05) is 13.6 Å². The van der Waals surface area contributed by atoms with Crippen LogP contribution in [0.25, 0.3) is 0 Å². The van der Waals surface area contributed by atoms with Crippen molar-refractivity contribution in [3.8, 4) is 0 Å². The quantitative estimate of drug-likeness (QED) is 0.768. The fourth-order valence-corrected chi connectivity index (χ4v) is 1.25. The molecule has 0 aromatic carbocycles. The molecule has 18 heavy (non-hydrogen) atoms.